The van der Waals surface area contributed by atoms with Gasteiger partial charge in [0.05, 0.1) is 23.0 Å². The van der Waals surface area contributed by atoms with E-state index in [0.29, 0.717) is 26.7 Å². The number of nitrogens with one attached hydrogen (secondary N) is 1. The minimum Gasteiger partial charge on any atom is -0.478 e. The maximum absolute atomic E-state index is 12.6. The predicted molar refractivity (Wildman–Crippen MR) is 100 cm³/mol. The molecule has 0 fully saturated rings. The number of carbonyl (C=O) groups excluding carboxylic acids is 1. The summed E-state index contributed by atoms with van der Waals surface area (Å²) in [6, 6.07) is 10.3. The van der Waals surface area contributed by atoms with Gasteiger partial charge in [0.2, 0.25) is 0 Å². The second kappa shape index (κ2) is 6.48. The number of benzene rings is 1. The molecule has 0 aliphatic rings. The third-order valence-corrected chi connectivity index (χ3v) is 5.41. The Morgan fingerprint density at radius 2 is 1.96 bits per heavy atom. The minimum absolute atomic E-state index is 0.00513. The van der Waals surface area contributed by atoms with Crippen LogP contribution in [0, 0.1) is 0 Å². The number of halogens is 1. The zero-order valence-electron chi connectivity index (χ0n) is 13.3. The van der Waals surface area contributed by atoms with Gasteiger partial charge in [0, 0.05) is 28.5 Å². The number of Topliss-reactive ketones (excluding diaryl/α,β-unsaturated/α-hetero) is 1. The van der Waals surface area contributed by atoms with Gasteiger partial charge in [0.1, 0.15) is 0 Å². The zero-order valence-corrected chi connectivity index (χ0v) is 14.9. The maximum Gasteiger partial charge on any atom is 0.337 e. The quantitative estimate of drug-likeness (QED) is 0.458. The normalized spacial score (nSPS) is 11.1. The van der Waals surface area contributed by atoms with Crippen LogP contribution in [-0.2, 0) is 6.42 Å². The van der Waals surface area contributed by atoms with Gasteiger partial charge in [-0.2, -0.15) is 0 Å². The Balaban J connectivity index is 1.68. The van der Waals surface area contributed by atoms with Crippen LogP contribution in [0.3, 0.4) is 0 Å². The van der Waals surface area contributed by atoms with Crippen LogP contribution >= 0.6 is 22.9 Å². The number of hydrogen-bond donors (Lipinski definition) is 2. The number of carboxylic acid groups (broad SMARTS) is 1. The first kappa shape index (κ1) is 16.6. The number of carboxylic acids is 1. The second-order valence-electron chi connectivity index (χ2n) is 5.76. The summed E-state index contributed by atoms with van der Waals surface area (Å²) in [5, 5.41) is 12.0. The number of aromatic amines is 1. The largest absolute Gasteiger partial charge is 0.478 e. The lowest BCUT2D eigenvalue weighted by Crippen LogP contribution is -2.08. The fourth-order valence-corrected chi connectivity index (χ4v) is 4.03. The van der Waals surface area contributed by atoms with E-state index in [1.54, 1.807) is 41.8 Å². The van der Waals surface area contributed by atoms with Gasteiger partial charge in [0.15, 0.2) is 11.4 Å². The van der Waals surface area contributed by atoms with Crippen LogP contribution in [0.25, 0.3) is 21.5 Å². The first-order valence-corrected chi connectivity index (χ1v) is 8.97. The molecule has 4 aromatic rings. The molecule has 1 aromatic carbocycles. The molecule has 3 aromatic heterocycles. The summed E-state index contributed by atoms with van der Waals surface area (Å²) in [6.07, 6.45) is 1.53. The second-order valence-corrected chi connectivity index (χ2v) is 7.07. The Morgan fingerprint density at radius 1 is 1.19 bits per heavy atom. The molecule has 0 bridgehead atoms. The van der Waals surface area contributed by atoms with Gasteiger partial charge >= 0.3 is 5.97 Å². The van der Waals surface area contributed by atoms with Crippen LogP contribution in [0.1, 0.15) is 26.4 Å². The summed E-state index contributed by atoms with van der Waals surface area (Å²) in [7, 11) is 0. The first-order valence-electron chi connectivity index (χ1n) is 7.72. The summed E-state index contributed by atoms with van der Waals surface area (Å²) >= 11 is 7.20. The van der Waals surface area contributed by atoms with E-state index in [2.05, 4.69) is 4.98 Å². The standard InChI is InChI=1S/C19H12ClNO4S/c20-12-3-1-10(2-4-12)18-17(19(23)24)11(9-26-18)7-15(22)14-8-16-13(21-14)5-6-25-16/h1-6,8-9,21H,7H2,(H,23,24). The monoisotopic (exact) mass is 385 g/mol. The highest BCUT2D eigenvalue weighted by atomic mass is 35.5. The molecule has 5 nitrogen and oxygen atoms in total. The van der Waals surface area contributed by atoms with Crippen LogP contribution in [0.15, 0.2) is 52.5 Å². The van der Waals surface area contributed by atoms with Crippen LogP contribution in [-0.4, -0.2) is 21.8 Å². The lowest BCUT2D eigenvalue weighted by atomic mass is 10.0. The minimum atomic E-state index is -1.06. The summed E-state index contributed by atoms with van der Waals surface area (Å²) in [5.41, 5.74) is 3.13. The Hall–Kier alpha value is -2.83. The molecule has 0 amide bonds. The SMILES string of the molecule is O=C(Cc1csc(-c2ccc(Cl)cc2)c1C(=O)O)c1cc2occc2[nH]1. The van der Waals surface area contributed by atoms with Crippen LogP contribution < -0.4 is 0 Å². The van der Waals surface area contributed by atoms with E-state index in [4.69, 9.17) is 16.0 Å². The average Bonchev–Trinajstić information content (AvgIpc) is 3.29. The van der Waals surface area contributed by atoms with Crippen molar-refractivity contribution in [2.24, 2.45) is 0 Å². The molecule has 0 saturated heterocycles. The number of furan rings is 1. The van der Waals surface area contributed by atoms with Crippen molar-refractivity contribution in [2.45, 2.75) is 6.42 Å². The topological polar surface area (TPSA) is 83.3 Å². The van der Waals surface area contributed by atoms with Crippen LogP contribution in [0.4, 0.5) is 0 Å². The van der Waals surface area contributed by atoms with Crippen LogP contribution in [0.2, 0.25) is 5.02 Å². The molecule has 0 atom stereocenters. The van der Waals surface area contributed by atoms with Crippen LogP contribution in [0.5, 0.6) is 0 Å². The molecule has 2 N–H and O–H groups in total. The van der Waals surface area contributed by atoms with Crippen molar-refractivity contribution in [1.29, 1.82) is 0 Å². The van der Waals surface area contributed by atoms with E-state index in [9.17, 15) is 14.7 Å². The van der Waals surface area contributed by atoms with Crippen molar-refractivity contribution in [3.05, 3.63) is 69.9 Å². The van der Waals surface area contributed by atoms with Crippen molar-refractivity contribution < 1.29 is 19.1 Å². The number of aromatic carboxylic acids is 1. The van der Waals surface area contributed by atoms with E-state index in [0.717, 1.165) is 11.1 Å². The van der Waals surface area contributed by atoms with Crippen molar-refractivity contribution in [3.8, 4) is 10.4 Å². The maximum atomic E-state index is 12.6. The number of carbonyl (C=O) groups is 2. The molecule has 0 spiro atoms. The highest BCUT2D eigenvalue weighted by molar-refractivity contribution is 7.14. The number of H-pyrrole nitrogens is 1. The molecule has 0 aliphatic carbocycles. The third kappa shape index (κ3) is 2.94. The number of aromatic nitrogens is 1. The fraction of sp³-hybridized carbons (Fsp3) is 0.0526. The van der Waals surface area contributed by atoms with Gasteiger partial charge in [-0.05, 0) is 28.6 Å². The van der Waals surface area contributed by atoms with Gasteiger partial charge in [0.25, 0.3) is 0 Å². The van der Waals surface area contributed by atoms with E-state index in [1.165, 1.54) is 17.6 Å². The molecule has 3 heterocycles. The lowest BCUT2D eigenvalue weighted by molar-refractivity contribution is 0.0697. The molecule has 7 heteroatoms. The highest BCUT2D eigenvalue weighted by Gasteiger charge is 2.22. The first-order chi connectivity index (χ1) is 12.5. The Kier molecular flexibility index (Phi) is 4.14. The molecule has 0 aliphatic heterocycles. The molecular weight excluding hydrogens is 374 g/mol. The van der Waals surface area contributed by atoms with E-state index in [-0.39, 0.29) is 17.8 Å². The van der Waals surface area contributed by atoms with E-state index >= 15 is 0 Å². The highest BCUT2D eigenvalue weighted by Crippen LogP contribution is 2.34. The molecule has 0 radical (unpaired) electrons. The van der Waals surface area contributed by atoms with E-state index < -0.39 is 5.97 Å². The Morgan fingerprint density at radius 3 is 2.65 bits per heavy atom. The average molecular weight is 386 g/mol. The molecule has 26 heavy (non-hydrogen) atoms. The molecule has 0 saturated carbocycles. The molecular formula is C19H12ClNO4S. The van der Waals surface area contributed by atoms with E-state index in [1.807, 2.05) is 0 Å². The molecule has 4 rings (SSSR count). The van der Waals surface area contributed by atoms with Crippen molar-refractivity contribution >= 4 is 45.8 Å². The number of thiophene rings is 1. The number of ketones is 1. The summed E-state index contributed by atoms with van der Waals surface area (Å²) in [6.45, 7) is 0. The summed E-state index contributed by atoms with van der Waals surface area (Å²) < 4.78 is 5.25. The van der Waals surface area contributed by atoms with Gasteiger partial charge in [-0.15, -0.1) is 11.3 Å². The third-order valence-electron chi connectivity index (χ3n) is 4.08. The van der Waals surface area contributed by atoms with Gasteiger partial charge in [-0.25, -0.2) is 4.79 Å². The fourth-order valence-electron chi connectivity index (χ4n) is 2.84. The number of fused-ring (bicyclic) bond motifs is 1. The molecule has 130 valence electrons. The van der Waals surface area contributed by atoms with Gasteiger partial charge in [-0.3, -0.25) is 4.79 Å². The van der Waals surface area contributed by atoms with Gasteiger partial charge in [-0.1, -0.05) is 23.7 Å². The van der Waals surface area contributed by atoms with Crippen molar-refractivity contribution in [2.75, 3.05) is 0 Å². The lowest BCUT2D eigenvalue weighted by Gasteiger charge is -2.04. The number of hydrogen-bond acceptors (Lipinski definition) is 4. The Bertz CT molecular complexity index is 1090. The Labute approximate surface area is 156 Å². The number of rotatable bonds is 5. The van der Waals surface area contributed by atoms with Gasteiger partial charge < -0.3 is 14.5 Å². The molecule has 0 unspecified atom stereocenters. The summed E-state index contributed by atoms with van der Waals surface area (Å²) in [4.78, 5) is 28.0. The zero-order chi connectivity index (χ0) is 18.3. The predicted octanol–water partition coefficient (Wildman–Crippen LogP) is 5.27. The summed E-state index contributed by atoms with van der Waals surface area (Å²) in [5.74, 6) is -1.25. The van der Waals surface area contributed by atoms with Crippen molar-refractivity contribution in [1.82, 2.24) is 4.98 Å². The smallest absolute Gasteiger partial charge is 0.337 e. The van der Waals surface area contributed by atoms with Crippen molar-refractivity contribution in [3.63, 3.8) is 0 Å².